The average molecular weight is 454 g/mol. The van der Waals surface area contributed by atoms with Crippen molar-refractivity contribution in [1.29, 1.82) is 0 Å². The van der Waals surface area contributed by atoms with E-state index in [4.69, 9.17) is 13.1 Å². The van der Waals surface area contributed by atoms with E-state index in [1.54, 1.807) is 10.8 Å². The summed E-state index contributed by atoms with van der Waals surface area (Å²) in [5.41, 5.74) is -0.0454. The molecule has 0 saturated carbocycles. The molecule has 3 N–H and O–H groups in total. The van der Waals surface area contributed by atoms with E-state index in [1.807, 2.05) is 4.90 Å². The Kier molecular flexibility index (Phi) is 5.85. The smallest absolute Gasteiger partial charge is 0.373 e. The molecule has 1 aromatic carbocycles. The SMILES string of the molecule is [C-]#[N+]c1nc(NNc2ccc(N3CCCC3)cc2NS(=O)(=O)C(F)(F)F)n(C)c1[N+]#[C-]. The summed E-state index contributed by atoms with van der Waals surface area (Å²) in [6.45, 7) is 15.6. The van der Waals surface area contributed by atoms with E-state index in [0.717, 1.165) is 12.8 Å². The zero-order valence-corrected chi connectivity index (χ0v) is 17.0. The first kappa shape index (κ1) is 22.0. The summed E-state index contributed by atoms with van der Waals surface area (Å²) in [5, 5.41) is 0. The molecule has 1 aromatic heterocycles. The molecule has 2 aromatic rings. The fourth-order valence-corrected chi connectivity index (χ4v) is 3.59. The Morgan fingerprint density at radius 3 is 2.32 bits per heavy atom. The van der Waals surface area contributed by atoms with Gasteiger partial charge in [-0.2, -0.15) is 21.6 Å². The summed E-state index contributed by atoms with van der Waals surface area (Å²) in [4.78, 5) is 12.2. The minimum absolute atomic E-state index is 0.00695. The largest absolute Gasteiger partial charge is 0.516 e. The highest BCUT2D eigenvalue weighted by molar-refractivity contribution is 7.93. The third-order valence-electron chi connectivity index (χ3n) is 4.59. The van der Waals surface area contributed by atoms with Crippen molar-refractivity contribution >= 4 is 44.7 Å². The molecule has 164 valence electrons. The van der Waals surface area contributed by atoms with Gasteiger partial charge in [0.1, 0.15) is 0 Å². The monoisotopic (exact) mass is 454 g/mol. The molecule has 1 aliphatic heterocycles. The van der Waals surface area contributed by atoms with E-state index in [2.05, 4.69) is 25.5 Å². The van der Waals surface area contributed by atoms with Crippen molar-refractivity contribution in [3.05, 3.63) is 41.0 Å². The number of hydrazine groups is 1. The molecule has 31 heavy (non-hydrogen) atoms. The van der Waals surface area contributed by atoms with E-state index in [-0.39, 0.29) is 29.0 Å². The van der Waals surface area contributed by atoms with Crippen molar-refractivity contribution in [3.63, 3.8) is 0 Å². The van der Waals surface area contributed by atoms with Crippen LogP contribution in [0.5, 0.6) is 0 Å². The van der Waals surface area contributed by atoms with Crippen molar-refractivity contribution in [2.24, 2.45) is 7.05 Å². The molecule has 10 nitrogen and oxygen atoms in total. The van der Waals surface area contributed by atoms with Gasteiger partial charge < -0.3 is 14.6 Å². The fraction of sp³-hybridized carbons (Fsp3) is 0.353. The van der Waals surface area contributed by atoms with Gasteiger partial charge in [0.15, 0.2) is 0 Å². The lowest BCUT2D eigenvalue weighted by Crippen LogP contribution is -2.30. The minimum atomic E-state index is -5.65. The molecule has 0 unspecified atom stereocenters. The standard InChI is InChI=1S/C17H17F3N8O2S/c1-21-14-15(22-2)27(3)16(23-14)25-24-12-7-6-11(28-8-4-5-9-28)10-13(12)26-31(29,30)17(18,19)20/h6-7,10,24,26H,4-5,8-9H2,3H3,(H,23,25). The number of hydrogen-bond acceptors (Lipinski definition) is 6. The number of hydrogen-bond donors (Lipinski definition) is 3. The number of nitrogens with one attached hydrogen (secondary N) is 3. The number of imidazole rings is 1. The minimum Gasteiger partial charge on any atom is -0.373 e. The molecule has 1 saturated heterocycles. The molecule has 0 radical (unpaired) electrons. The molecule has 1 fully saturated rings. The summed E-state index contributed by atoms with van der Waals surface area (Å²) < 4.78 is 65.0. The normalized spacial score (nSPS) is 14.1. The van der Waals surface area contributed by atoms with Crippen LogP contribution in [-0.4, -0.2) is 36.6 Å². The molecule has 1 aliphatic rings. The molecular formula is C17H17F3N8O2S. The van der Waals surface area contributed by atoms with Crippen LogP contribution in [0, 0.1) is 13.1 Å². The van der Waals surface area contributed by atoms with E-state index in [1.165, 1.54) is 23.7 Å². The highest BCUT2D eigenvalue weighted by Gasteiger charge is 2.46. The van der Waals surface area contributed by atoms with Crippen LogP contribution in [-0.2, 0) is 17.1 Å². The summed E-state index contributed by atoms with van der Waals surface area (Å²) >= 11 is 0. The van der Waals surface area contributed by atoms with Gasteiger partial charge in [0.25, 0.3) is 11.6 Å². The first-order valence-corrected chi connectivity index (χ1v) is 10.4. The van der Waals surface area contributed by atoms with Gasteiger partial charge in [0, 0.05) is 18.8 Å². The molecular weight excluding hydrogens is 437 g/mol. The molecule has 2 heterocycles. The van der Waals surface area contributed by atoms with Gasteiger partial charge in [0.05, 0.1) is 18.4 Å². The van der Waals surface area contributed by atoms with Crippen molar-refractivity contribution in [2.75, 3.05) is 33.6 Å². The van der Waals surface area contributed by atoms with Crippen LogP contribution in [0.1, 0.15) is 12.8 Å². The second-order valence-corrected chi connectivity index (χ2v) is 8.26. The van der Waals surface area contributed by atoms with Gasteiger partial charge in [-0.15, -0.1) is 0 Å². The Bertz CT molecular complexity index is 1170. The Morgan fingerprint density at radius 2 is 1.77 bits per heavy atom. The number of anilines is 4. The lowest BCUT2D eigenvalue weighted by Gasteiger charge is -2.21. The van der Waals surface area contributed by atoms with Gasteiger partial charge in [-0.25, -0.2) is 5.43 Å². The van der Waals surface area contributed by atoms with Crippen LogP contribution in [0.15, 0.2) is 18.2 Å². The molecule has 0 amide bonds. The maximum absolute atomic E-state index is 12.9. The second kappa shape index (κ2) is 8.23. The molecule has 14 heteroatoms. The van der Waals surface area contributed by atoms with Gasteiger partial charge in [-0.05, 0) is 31.0 Å². The van der Waals surface area contributed by atoms with Gasteiger partial charge >= 0.3 is 21.5 Å². The Labute approximate surface area is 176 Å². The highest BCUT2D eigenvalue weighted by atomic mass is 32.2. The number of aromatic nitrogens is 2. The van der Waals surface area contributed by atoms with Crippen LogP contribution in [0.4, 0.5) is 47.8 Å². The van der Waals surface area contributed by atoms with E-state index in [9.17, 15) is 21.6 Å². The number of rotatable bonds is 6. The first-order valence-electron chi connectivity index (χ1n) is 8.89. The number of nitrogens with zero attached hydrogens (tertiary/aromatic N) is 5. The molecule has 0 spiro atoms. The predicted octanol–water partition coefficient (Wildman–Crippen LogP) is 3.82. The third-order valence-corrected chi connectivity index (χ3v) is 5.69. The summed E-state index contributed by atoms with van der Waals surface area (Å²) in [7, 11) is -4.18. The molecule has 0 aliphatic carbocycles. The first-order chi connectivity index (χ1) is 14.6. The Hall–Kier alpha value is -3.65. The molecule has 3 rings (SSSR count). The van der Waals surface area contributed by atoms with Crippen LogP contribution in [0.25, 0.3) is 9.69 Å². The van der Waals surface area contributed by atoms with Crippen LogP contribution >= 0.6 is 0 Å². The summed E-state index contributed by atoms with van der Waals surface area (Å²) in [6.07, 6.45) is 1.86. The van der Waals surface area contributed by atoms with Crippen molar-refractivity contribution in [2.45, 2.75) is 18.3 Å². The van der Waals surface area contributed by atoms with E-state index in [0.29, 0.717) is 18.8 Å². The quantitative estimate of drug-likeness (QED) is 0.453. The Morgan fingerprint density at radius 1 is 1.10 bits per heavy atom. The highest BCUT2D eigenvalue weighted by Crippen LogP contribution is 2.34. The maximum Gasteiger partial charge on any atom is 0.516 e. The topological polar surface area (TPSA) is 100 Å². The van der Waals surface area contributed by atoms with Crippen LogP contribution in [0.2, 0.25) is 0 Å². The third kappa shape index (κ3) is 4.44. The number of sulfonamides is 1. The van der Waals surface area contributed by atoms with Crippen molar-refractivity contribution < 1.29 is 21.6 Å². The van der Waals surface area contributed by atoms with Crippen LogP contribution < -0.4 is 20.5 Å². The zero-order valence-electron chi connectivity index (χ0n) is 16.2. The predicted molar refractivity (Wildman–Crippen MR) is 109 cm³/mol. The maximum atomic E-state index is 12.9. The average Bonchev–Trinajstić information content (AvgIpc) is 3.34. The summed E-state index contributed by atoms with van der Waals surface area (Å²) in [6, 6.07) is 4.38. The number of benzene rings is 1. The number of alkyl halides is 3. The van der Waals surface area contributed by atoms with E-state index >= 15 is 0 Å². The van der Waals surface area contributed by atoms with Gasteiger partial charge in [-0.1, -0.05) is 18.1 Å². The lowest BCUT2D eigenvalue weighted by molar-refractivity contribution is -0.0429. The van der Waals surface area contributed by atoms with Crippen molar-refractivity contribution in [3.8, 4) is 0 Å². The number of halogens is 3. The van der Waals surface area contributed by atoms with Gasteiger partial charge in [0.2, 0.25) is 0 Å². The zero-order chi connectivity index (χ0) is 22.8. The Balaban J connectivity index is 1.93. The lowest BCUT2D eigenvalue weighted by atomic mass is 10.2. The van der Waals surface area contributed by atoms with Gasteiger partial charge in [-0.3, -0.25) is 14.7 Å². The molecule has 0 bridgehead atoms. The van der Waals surface area contributed by atoms with Crippen LogP contribution in [0.3, 0.4) is 0 Å². The second-order valence-electron chi connectivity index (χ2n) is 6.59. The molecule has 0 atom stereocenters. The summed E-state index contributed by atoms with van der Waals surface area (Å²) in [5.74, 6) is -0.129. The van der Waals surface area contributed by atoms with Crippen molar-refractivity contribution in [1.82, 2.24) is 9.55 Å². The van der Waals surface area contributed by atoms with E-state index < -0.39 is 15.5 Å². The fourth-order valence-electron chi connectivity index (χ4n) is 3.01.